The molecule has 1 N–H and O–H groups in total. The van der Waals surface area contributed by atoms with Gasteiger partial charge in [-0.15, -0.1) is 0 Å². The van der Waals surface area contributed by atoms with Crippen LogP contribution in [0.2, 0.25) is 0 Å². The van der Waals surface area contributed by atoms with Gasteiger partial charge in [-0.2, -0.15) is 0 Å². The molecule has 2 nitrogen and oxygen atoms in total. The van der Waals surface area contributed by atoms with Crippen molar-refractivity contribution < 1.29 is 5.11 Å². The third kappa shape index (κ3) is 3.65. The van der Waals surface area contributed by atoms with Crippen LogP contribution in [0.15, 0.2) is 24.3 Å². The molecule has 1 aromatic carbocycles. The Morgan fingerprint density at radius 3 is 2.07 bits per heavy atom. The number of rotatable bonds is 5. The van der Waals surface area contributed by atoms with Gasteiger partial charge in [0.05, 0.1) is 6.10 Å². The van der Waals surface area contributed by atoms with Crippen molar-refractivity contribution in [3.8, 4) is 0 Å². The Bertz CT molecular complexity index is 275. The van der Waals surface area contributed by atoms with E-state index in [1.165, 1.54) is 5.56 Å². The summed E-state index contributed by atoms with van der Waals surface area (Å²) in [7, 11) is 0. The Morgan fingerprint density at radius 1 is 1.13 bits per heavy atom. The molecule has 0 unspecified atom stereocenters. The minimum absolute atomic E-state index is 0.368. The number of aliphatic hydroxyl groups excluding tert-OH is 1. The SMILES string of the molecule is CCN(CC)Cc1ccc([C@@H](C)O)cc1. The first-order valence-electron chi connectivity index (χ1n) is 5.66. The Hall–Kier alpha value is -0.860. The van der Waals surface area contributed by atoms with E-state index in [1.807, 2.05) is 12.1 Å². The first-order valence-corrected chi connectivity index (χ1v) is 5.66. The quantitative estimate of drug-likeness (QED) is 0.802. The van der Waals surface area contributed by atoms with Crippen LogP contribution in [0.5, 0.6) is 0 Å². The largest absolute Gasteiger partial charge is 0.389 e. The monoisotopic (exact) mass is 207 g/mol. The zero-order chi connectivity index (χ0) is 11.3. The van der Waals surface area contributed by atoms with Crippen LogP contribution in [0, 0.1) is 0 Å². The molecule has 0 radical (unpaired) electrons. The maximum atomic E-state index is 9.38. The minimum Gasteiger partial charge on any atom is -0.389 e. The van der Waals surface area contributed by atoms with Crippen molar-refractivity contribution in [2.24, 2.45) is 0 Å². The van der Waals surface area contributed by atoms with Crippen LogP contribution in [0.1, 0.15) is 38.0 Å². The third-order valence-corrected chi connectivity index (χ3v) is 2.76. The number of benzene rings is 1. The number of nitrogens with zero attached hydrogens (tertiary/aromatic N) is 1. The van der Waals surface area contributed by atoms with E-state index in [-0.39, 0.29) is 6.10 Å². The van der Waals surface area contributed by atoms with Crippen molar-refractivity contribution in [3.63, 3.8) is 0 Å². The first-order chi connectivity index (χ1) is 7.17. The molecule has 0 amide bonds. The number of hydrogen-bond donors (Lipinski definition) is 1. The Labute approximate surface area is 92.5 Å². The van der Waals surface area contributed by atoms with Crippen LogP contribution < -0.4 is 0 Å². The predicted molar refractivity (Wildman–Crippen MR) is 63.7 cm³/mol. The van der Waals surface area contributed by atoms with E-state index in [4.69, 9.17) is 0 Å². The van der Waals surface area contributed by atoms with Gasteiger partial charge in [0, 0.05) is 6.54 Å². The normalized spacial score (nSPS) is 13.1. The molecule has 0 aromatic heterocycles. The van der Waals surface area contributed by atoms with Gasteiger partial charge in [-0.25, -0.2) is 0 Å². The summed E-state index contributed by atoms with van der Waals surface area (Å²) in [6, 6.07) is 8.20. The molecule has 0 saturated heterocycles. The average Bonchev–Trinajstić information content (AvgIpc) is 2.26. The molecule has 2 heteroatoms. The Balaban J connectivity index is 2.63. The van der Waals surface area contributed by atoms with Crippen LogP contribution in [0.25, 0.3) is 0 Å². The van der Waals surface area contributed by atoms with Crippen molar-refractivity contribution in [1.29, 1.82) is 0 Å². The number of hydrogen-bond acceptors (Lipinski definition) is 2. The van der Waals surface area contributed by atoms with E-state index < -0.39 is 0 Å². The van der Waals surface area contributed by atoms with Gasteiger partial charge in [0.15, 0.2) is 0 Å². The second kappa shape index (κ2) is 5.89. The summed E-state index contributed by atoms with van der Waals surface area (Å²) >= 11 is 0. The molecule has 0 aliphatic rings. The second-order valence-corrected chi connectivity index (χ2v) is 3.88. The van der Waals surface area contributed by atoms with Gasteiger partial charge in [-0.3, -0.25) is 4.90 Å². The summed E-state index contributed by atoms with van der Waals surface area (Å²) in [5.74, 6) is 0. The van der Waals surface area contributed by atoms with Crippen molar-refractivity contribution in [2.45, 2.75) is 33.4 Å². The molecule has 84 valence electrons. The summed E-state index contributed by atoms with van der Waals surface area (Å²) < 4.78 is 0. The molecular weight excluding hydrogens is 186 g/mol. The standard InChI is InChI=1S/C13H21NO/c1-4-14(5-2)10-12-6-8-13(9-7-12)11(3)15/h6-9,11,15H,4-5,10H2,1-3H3/t11-/m1/s1. The lowest BCUT2D eigenvalue weighted by atomic mass is 10.1. The molecule has 1 rings (SSSR count). The maximum Gasteiger partial charge on any atom is 0.0761 e. The molecule has 1 aromatic rings. The van der Waals surface area contributed by atoms with Gasteiger partial charge in [0.1, 0.15) is 0 Å². The summed E-state index contributed by atoms with van der Waals surface area (Å²) in [4.78, 5) is 2.37. The highest BCUT2D eigenvalue weighted by molar-refractivity contribution is 5.23. The van der Waals surface area contributed by atoms with Crippen molar-refractivity contribution in [2.75, 3.05) is 13.1 Å². The molecule has 1 atom stereocenters. The molecule has 15 heavy (non-hydrogen) atoms. The van der Waals surface area contributed by atoms with E-state index >= 15 is 0 Å². The van der Waals surface area contributed by atoms with E-state index in [9.17, 15) is 5.11 Å². The van der Waals surface area contributed by atoms with Crippen LogP contribution in [-0.2, 0) is 6.54 Å². The van der Waals surface area contributed by atoms with Gasteiger partial charge in [0.2, 0.25) is 0 Å². The van der Waals surface area contributed by atoms with Gasteiger partial charge in [-0.05, 0) is 31.1 Å². The highest BCUT2D eigenvalue weighted by Gasteiger charge is 2.03. The third-order valence-electron chi connectivity index (χ3n) is 2.76. The fraction of sp³-hybridized carbons (Fsp3) is 0.538. The van der Waals surface area contributed by atoms with E-state index in [0.717, 1.165) is 25.2 Å². The smallest absolute Gasteiger partial charge is 0.0761 e. The van der Waals surface area contributed by atoms with Crippen LogP contribution in [0.3, 0.4) is 0 Å². The molecule has 0 saturated carbocycles. The summed E-state index contributed by atoms with van der Waals surface area (Å²) in [6.07, 6.45) is -0.368. The molecule has 0 heterocycles. The highest BCUT2D eigenvalue weighted by Crippen LogP contribution is 2.13. The lowest BCUT2D eigenvalue weighted by molar-refractivity contribution is 0.199. The van der Waals surface area contributed by atoms with Crippen LogP contribution in [-0.4, -0.2) is 23.1 Å². The Morgan fingerprint density at radius 2 is 1.67 bits per heavy atom. The van der Waals surface area contributed by atoms with Gasteiger partial charge in [0.25, 0.3) is 0 Å². The lowest BCUT2D eigenvalue weighted by Gasteiger charge is -2.18. The molecule has 0 bridgehead atoms. The van der Waals surface area contributed by atoms with Gasteiger partial charge >= 0.3 is 0 Å². The topological polar surface area (TPSA) is 23.5 Å². The average molecular weight is 207 g/mol. The van der Waals surface area contributed by atoms with Crippen molar-refractivity contribution in [1.82, 2.24) is 4.90 Å². The van der Waals surface area contributed by atoms with Crippen molar-refractivity contribution in [3.05, 3.63) is 35.4 Å². The predicted octanol–water partition coefficient (Wildman–Crippen LogP) is 2.58. The zero-order valence-corrected chi connectivity index (χ0v) is 9.90. The number of aliphatic hydroxyl groups is 1. The Kier molecular flexibility index (Phi) is 4.79. The lowest BCUT2D eigenvalue weighted by Crippen LogP contribution is -2.22. The fourth-order valence-corrected chi connectivity index (χ4v) is 1.61. The summed E-state index contributed by atoms with van der Waals surface area (Å²) in [5, 5.41) is 9.38. The molecule has 0 fully saturated rings. The van der Waals surface area contributed by atoms with E-state index in [2.05, 4.69) is 30.9 Å². The summed E-state index contributed by atoms with van der Waals surface area (Å²) in [5.41, 5.74) is 2.29. The van der Waals surface area contributed by atoms with Crippen LogP contribution in [0.4, 0.5) is 0 Å². The van der Waals surface area contributed by atoms with E-state index in [0.29, 0.717) is 0 Å². The van der Waals surface area contributed by atoms with Crippen molar-refractivity contribution >= 4 is 0 Å². The molecule has 0 aliphatic carbocycles. The zero-order valence-electron chi connectivity index (χ0n) is 9.90. The van der Waals surface area contributed by atoms with Gasteiger partial charge in [-0.1, -0.05) is 38.1 Å². The molecular formula is C13H21NO. The fourth-order valence-electron chi connectivity index (χ4n) is 1.61. The first kappa shape index (κ1) is 12.2. The van der Waals surface area contributed by atoms with Gasteiger partial charge < -0.3 is 5.11 Å². The summed E-state index contributed by atoms with van der Waals surface area (Å²) in [6.45, 7) is 9.29. The molecule has 0 aliphatic heterocycles. The highest BCUT2D eigenvalue weighted by atomic mass is 16.3. The molecule has 0 spiro atoms. The maximum absolute atomic E-state index is 9.38. The van der Waals surface area contributed by atoms with Crippen LogP contribution >= 0.6 is 0 Å². The second-order valence-electron chi connectivity index (χ2n) is 3.88. The minimum atomic E-state index is -0.368. The van der Waals surface area contributed by atoms with E-state index in [1.54, 1.807) is 6.92 Å².